The average molecular weight is 369 g/mol. The smallest absolute Gasteiger partial charge is 0.122 e. The lowest BCUT2D eigenvalue weighted by atomic mass is 9.98. The van der Waals surface area contributed by atoms with Crippen molar-refractivity contribution in [1.29, 1.82) is 0 Å². The second-order valence-corrected chi connectivity index (χ2v) is 6.26. The van der Waals surface area contributed by atoms with Gasteiger partial charge in [0.1, 0.15) is 5.75 Å². The van der Waals surface area contributed by atoms with Crippen LogP contribution in [0.25, 0.3) is 0 Å². The van der Waals surface area contributed by atoms with Gasteiger partial charge in [-0.05, 0) is 55.3 Å². The third kappa shape index (κ3) is 4.47. The van der Waals surface area contributed by atoms with Crippen molar-refractivity contribution in [2.75, 3.05) is 14.2 Å². The van der Waals surface area contributed by atoms with E-state index in [-0.39, 0.29) is 0 Å². The van der Waals surface area contributed by atoms with Crippen LogP contribution in [0.3, 0.4) is 0 Å². The molecule has 112 valence electrons. The number of benzene rings is 2. The van der Waals surface area contributed by atoms with E-state index in [1.807, 2.05) is 37.4 Å². The number of hydrogen-bond donors (Lipinski definition) is 1. The van der Waals surface area contributed by atoms with E-state index in [0.717, 1.165) is 33.6 Å². The standard InChI is InChI=1S/C17H19BrClNO/c1-20-15(10-12-5-3-4-6-16(12)19)11-13-9-14(18)7-8-17(13)21-2/h3-9,15,20H,10-11H2,1-2H3. The van der Waals surface area contributed by atoms with Crippen LogP contribution in [0.5, 0.6) is 5.75 Å². The predicted octanol–water partition coefficient (Wildman–Crippen LogP) is 4.48. The highest BCUT2D eigenvalue weighted by atomic mass is 79.9. The Hall–Kier alpha value is -1.03. The van der Waals surface area contributed by atoms with Gasteiger partial charge >= 0.3 is 0 Å². The summed E-state index contributed by atoms with van der Waals surface area (Å²) in [5.41, 5.74) is 2.34. The monoisotopic (exact) mass is 367 g/mol. The van der Waals surface area contributed by atoms with E-state index >= 15 is 0 Å². The maximum Gasteiger partial charge on any atom is 0.122 e. The SMILES string of the molecule is CNC(Cc1ccccc1Cl)Cc1cc(Br)ccc1OC. The first-order valence-corrected chi connectivity index (χ1v) is 8.04. The van der Waals surface area contributed by atoms with Crippen LogP contribution in [-0.2, 0) is 12.8 Å². The fraction of sp³-hybridized carbons (Fsp3) is 0.294. The summed E-state index contributed by atoms with van der Waals surface area (Å²) in [6.07, 6.45) is 1.76. The van der Waals surface area contributed by atoms with E-state index in [2.05, 4.69) is 33.4 Å². The number of methoxy groups -OCH3 is 1. The molecule has 1 N–H and O–H groups in total. The van der Waals surface area contributed by atoms with E-state index < -0.39 is 0 Å². The van der Waals surface area contributed by atoms with Crippen molar-refractivity contribution in [2.24, 2.45) is 0 Å². The largest absolute Gasteiger partial charge is 0.496 e. The molecule has 0 radical (unpaired) electrons. The van der Waals surface area contributed by atoms with Crippen LogP contribution in [0.15, 0.2) is 46.9 Å². The normalized spacial score (nSPS) is 12.2. The van der Waals surface area contributed by atoms with Crippen LogP contribution in [0.2, 0.25) is 5.02 Å². The van der Waals surface area contributed by atoms with Crippen molar-refractivity contribution < 1.29 is 4.74 Å². The summed E-state index contributed by atoms with van der Waals surface area (Å²) in [5.74, 6) is 0.914. The number of halogens is 2. The first-order chi connectivity index (χ1) is 10.1. The molecule has 0 saturated carbocycles. The fourth-order valence-electron chi connectivity index (χ4n) is 2.38. The summed E-state index contributed by atoms with van der Waals surface area (Å²) in [4.78, 5) is 0. The Labute approximate surface area is 139 Å². The highest BCUT2D eigenvalue weighted by Gasteiger charge is 2.13. The molecule has 2 rings (SSSR count). The molecule has 4 heteroatoms. The van der Waals surface area contributed by atoms with Crippen molar-refractivity contribution in [2.45, 2.75) is 18.9 Å². The Morgan fingerprint density at radius 1 is 1.14 bits per heavy atom. The molecule has 2 nitrogen and oxygen atoms in total. The lowest BCUT2D eigenvalue weighted by Gasteiger charge is -2.19. The third-order valence-corrected chi connectivity index (χ3v) is 4.40. The molecule has 0 aliphatic heterocycles. The van der Waals surface area contributed by atoms with Gasteiger partial charge in [0.25, 0.3) is 0 Å². The van der Waals surface area contributed by atoms with Crippen molar-refractivity contribution in [3.05, 3.63) is 63.1 Å². The molecule has 1 unspecified atom stereocenters. The Balaban J connectivity index is 2.16. The molecule has 0 aliphatic carbocycles. The molecule has 0 spiro atoms. The Morgan fingerprint density at radius 2 is 1.86 bits per heavy atom. The number of hydrogen-bond acceptors (Lipinski definition) is 2. The second-order valence-electron chi connectivity index (χ2n) is 4.94. The molecule has 2 aromatic carbocycles. The molecule has 21 heavy (non-hydrogen) atoms. The minimum absolute atomic E-state index is 0.299. The first kappa shape index (κ1) is 16.3. The van der Waals surface area contributed by atoms with Crippen molar-refractivity contribution in [3.8, 4) is 5.75 Å². The van der Waals surface area contributed by atoms with E-state index in [1.165, 1.54) is 5.56 Å². The quantitative estimate of drug-likeness (QED) is 0.811. The Morgan fingerprint density at radius 3 is 2.52 bits per heavy atom. The van der Waals surface area contributed by atoms with Crippen LogP contribution in [0, 0.1) is 0 Å². The van der Waals surface area contributed by atoms with E-state index in [0.29, 0.717) is 6.04 Å². The number of nitrogens with one attached hydrogen (secondary N) is 1. The topological polar surface area (TPSA) is 21.3 Å². The minimum atomic E-state index is 0.299. The Bertz CT molecular complexity index is 603. The fourth-order valence-corrected chi connectivity index (χ4v) is 3.00. The molecule has 1 atom stereocenters. The van der Waals surface area contributed by atoms with Gasteiger partial charge in [-0.25, -0.2) is 0 Å². The van der Waals surface area contributed by atoms with Crippen molar-refractivity contribution >= 4 is 27.5 Å². The molecule has 0 aliphatic rings. The van der Waals surface area contributed by atoms with E-state index in [4.69, 9.17) is 16.3 Å². The van der Waals surface area contributed by atoms with Gasteiger partial charge in [0, 0.05) is 15.5 Å². The summed E-state index contributed by atoms with van der Waals surface area (Å²) in [7, 11) is 3.68. The summed E-state index contributed by atoms with van der Waals surface area (Å²) < 4.78 is 6.51. The van der Waals surface area contributed by atoms with Crippen molar-refractivity contribution in [1.82, 2.24) is 5.32 Å². The Kier molecular flexibility index (Phi) is 6.09. The van der Waals surface area contributed by atoms with Gasteiger partial charge in [0.2, 0.25) is 0 Å². The number of rotatable bonds is 6. The molecule has 2 aromatic rings. The van der Waals surface area contributed by atoms with Gasteiger partial charge in [-0.1, -0.05) is 45.7 Å². The van der Waals surface area contributed by atoms with Gasteiger partial charge in [0.15, 0.2) is 0 Å². The highest BCUT2D eigenvalue weighted by molar-refractivity contribution is 9.10. The predicted molar refractivity (Wildman–Crippen MR) is 92.4 cm³/mol. The lowest BCUT2D eigenvalue weighted by Crippen LogP contribution is -2.30. The van der Waals surface area contributed by atoms with E-state index in [1.54, 1.807) is 7.11 Å². The van der Waals surface area contributed by atoms with Crippen LogP contribution in [0.1, 0.15) is 11.1 Å². The highest BCUT2D eigenvalue weighted by Crippen LogP contribution is 2.25. The first-order valence-electron chi connectivity index (χ1n) is 6.87. The summed E-state index contributed by atoms with van der Waals surface area (Å²) >= 11 is 9.77. The van der Waals surface area contributed by atoms with Crippen molar-refractivity contribution in [3.63, 3.8) is 0 Å². The molecule has 0 amide bonds. The average Bonchev–Trinajstić information content (AvgIpc) is 2.49. The van der Waals surface area contributed by atoms with Crippen LogP contribution < -0.4 is 10.1 Å². The van der Waals surface area contributed by atoms with Gasteiger partial charge in [0.05, 0.1) is 7.11 Å². The maximum absolute atomic E-state index is 6.25. The van der Waals surface area contributed by atoms with Gasteiger partial charge in [-0.3, -0.25) is 0 Å². The molecular weight excluding hydrogens is 350 g/mol. The summed E-state index contributed by atoms with van der Waals surface area (Å²) in [5, 5.41) is 4.19. The summed E-state index contributed by atoms with van der Waals surface area (Å²) in [6.45, 7) is 0. The zero-order chi connectivity index (χ0) is 15.2. The maximum atomic E-state index is 6.25. The zero-order valence-electron chi connectivity index (χ0n) is 12.2. The van der Waals surface area contributed by atoms with Crippen LogP contribution >= 0.6 is 27.5 Å². The number of ether oxygens (including phenoxy) is 1. The summed E-state index contributed by atoms with van der Waals surface area (Å²) in [6, 6.07) is 14.4. The van der Waals surface area contributed by atoms with E-state index in [9.17, 15) is 0 Å². The molecular formula is C17H19BrClNO. The van der Waals surface area contributed by atoms with Gasteiger partial charge in [-0.2, -0.15) is 0 Å². The molecule has 0 fully saturated rings. The molecule has 0 aromatic heterocycles. The van der Waals surface area contributed by atoms with Crippen LogP contribution in [0.4, 0.5) is 0 Å². The number of likely N-dealkylation sites (N-methyl/N-ethyl adjacent to an activating group) is 1. The molecule has 0 heterocycles. The van der Waals surface area contributed by atoms with Crippen LogP contribution in [-0.4, -0.2) is 20.2 Å². The second kappa shape index (κ2) is 7.83. The minimum Gasteiger partial charge on any atom is -0.496 e. The van der Waals surface area contributed by atoms with Gasteiger partial charge in [-0.15, -0.1) is 0 Å². The zero-order valence-corrected chi connectivity index (χ0v) is 14.5. The molecule has 0 bridgehead atoms. The lowest BCUT2D eigenvalue weighted by molar-refractivity contribution is 0.405. The molecule has 0 saturated heterocycles. The third-order valence-electron chi connectivity index (χ3n) is 3.54. The van der Waals surface area contributed by atoms with Gasteiger partial charge < -0.3 is 10.1 Å².